The Bertz CT molecular complexity index is 594. The second kappa shape index (κ2) is 7.02. The van der Waals surface area contributed by atoms with Gasteiger partial charge in [0.2, 0.25) is 0 Å². The minimum absolute atomic E-state index is 0.0726. The van der Waals surface area contributed by atoms with Gasteiger partial charge in [0, 0.05) is 17.2 Å². The molecule has 21 heavy (non-hydrogen) atoms. The van der Waals surface area contributed by atoms with Crippen molar-refractivity contribution in [3.8, 4) is 0 Å². The van der Waals surface area contributed by atoms with Crippen LogP contribution in [0.2, 0.25) is 0 Å². The van der Waals surface area contributed by atoms with Gasteiger partial charge in [-0.1, -0.05) is 30.3 Å². The summed E-state index contributed by atoms with van der Waals surface area (Å²) in [6.45, 7) is 0.0726. The van der Waals surface area contributed by atoms with Gasteiger partial charge in [-0.25, -0.2) is 8.78 Å². The number of aliphatic hydroxyl groups is 1. The summed E-state index contributed by atoms with van der Waals surface area (Å²) in [4.78, 5) is 0.238. The van der Waals surface area contributed by atoms with Crippen LogP contribution in [0.25, 0.3) is 0 Å². The maximum absolute atomic E-state index is 13.5. The molecule has 0 amide bonds. The fourth-order valence-corrected chi connectivity index (χ4v) is 3.09. The maximum atomic E-state index is 13.5. The van der Waals surface area contributed by atoms with Gasteiger partial charge in [-0.05, 0) is 30.2 Å². The van der Waals surface area contributed by atoms with Crippen molar-refractivity contribution in [2.45, 2.75) is 16.9 Å². The first-order valence-electron chi connectivity index (χ1n) is 6.61. The summed E-state index contributed by atoms with van der Waals surface area (Å²) >= 11 is 1.17. The Labute approximate surface area is 127 Å². The molecule has 0 aliphatic heterocycles. The van der Waals surface area contributed by atoms with Gasteiger partial charge < -0.3 is 10.8 Å². The Balaban J connectivity index is 2.02. The zero-order valence-corrected chi connectivity index (χ0v) is 12.2. The van der Waals surface area contributed by atoms with E-state index in [9.17, 15) is 13.9 Å². The molecule has 112 valence electrons. The molecule has 0 saturated heterocycles. The average molecular weight is 309 g/mol. The minimum Gasteiger partial charge on any atom is -0.384 e. The third kappa shape index (κ3) is 4.03. The number of benzene rings is 2. The van der Waals surface area contributed by atoms with Crippen molar-refractivity contribution < 1.29 is 13.9 Å². The lowest BCUT2D eigenvalue weighted by atomic mass is 9.91. The lowest BCUT2D eigenvalue weighted by Gasteiger charge is -2.27. The van der Waals surface area contributed by atoms with Gasteiger partial charge in [0.1, 0.15) is 17.2 Å². The highest BCUT2D eigenvalue weighted by atomic mass is 32.2. The molecule has 0 radical (unpaired) electrons. The topological polar surface area (TPSA) is 46.2 Å². The first-order valence-corrected chi connectivity index (χ1v) is 7.59. The summed E-state index contributed by atoms with van der Waals surface area (Å²) in [6.07, 6.45) is 0.355. The van der Waals surface area contributed by atoms with Crippen LogP contribution in [-0.2, 0) is 5.60 Å². The SMILES string of the molecule is NCC(O)(CCSc1cc(F)ccc1F)c1ccccc1. The molecule has 0 heterocycles. The second-order valence-corrected chi connectivity index (χ2v) is 5.91. The summed E-state index contributed by atoms with van der Waals surface area (Å²) in [7, 11) is 0. The van der Waals surface area contributed by atoms with Crippen molar-refractivity contribution in [3.05, 3.63) is 65.7 Å². The molecule has 0 bridgehead atoms. The van der Waals surface area contributed by atoms with Crippen LogP contribution in [0.15, 0.2) is 53.4 Å². The monoisotopic (exact) mass is 309 g/mol. The molecule has 0 aromatic heterocycles. The largest absolute Gasteiger partial charge is 0.384 e. The molecule has 0 aliphatic rings. The van der Waals surface area contributed by atoms with Gasteiger partial charge in [-0.3, -0.25) is 0 Å². The molecule has 0 aliphatic carbocycles. The normalized spacial score (nSPS) is 13.9. The van der Waals surface area contributed by atoms with E-state index in [-0.39, 0.29) is 11.4 Å². The molecule has 0 spiro atoms. The lowest BCUT2D eigenvalue weighted by molar-refractivity contribution is 0.0431. The van der Waals surface area contributed by atoms with E-state index in [4.69, 9.17) is 5.73 Å². The zero-order valence-electron chi connectivity index (χ0n) is 11.4. The summed E-state index contributed by atoms with van der Waals surface area (Å²) in [5, 5.41) is 10.6. The van der Waals surface area contributed by atoms with Crippen molar-refractivity contribution in [2.75, 3.05) is 12.3 Å². The van der Waals surface area contributed by atoms with Gasteiger partial charge >= 0.3 is 0 Å². The third-order valence-corrected chi connectivity index (χ3v) is 4.35. The Hall–Kier alpha value is -1.43. The van der Waals surface area contributed by atoms with Crippen LogP contribution in [0.4, 0.5) is 8.78 Å². The van der Waals surface area contributed by atoms with Gasteiger partial charge in [0.05, 0.1) is 0 Å². The molecule has 2 rings (SSSR count). The summed E-state index contributed by atoms with van der Waals surface area (Å²) < 4.78 is 26.6. The number of halogens is 2. The first-order chi connectivity index (χ1) is 10.0. The van der Waals surface area contributed by atoms with E-state index in [0.29, 0.717) is 12.2 Å². The number of hydrogen-bond acceptors (Lipinski definition) is 3. The van der Waals surface area contributed by atoms with Crippen LogP contribution in [0.5, 0.6) is 0 Å². The van der Waals surface area contributed by atoms with Gasteiger partial charge in [0.15, 0.2) is 0 Å². The molecule has 1 unspecified atom stereocenters. The minimum atomic E-state index is -1.15. The van der Waals surface area contributed by atoms with Crippen molar-refractivity contribution in [3.63, 3.8) is 0 Å². The summed E-state index contributed by atoms with van der Waals surface area (Å²) in [6, 6.07) is 12.5. The highest BCUT2D eigenvalue weighted by Gasteiger charge is 2.27. The second-order valence-electron chi connectivity index (χ2n) is 4.77. The van der Waals surface area contributed by atoms with Crippen molar-refractivity contribution in [1.82, 2.24) is 0 Å². The van der Waals surface area contributed by atoms with Crippen LogP contribution in [0.3, 0.4) is 0 Å². The lowest BCUT2D eigenvalue weighted by Crippen LogP contribution is -2.35. The molecule has 0 fully saturated rings. The van der Waals surface area contributed by atoms with Gasteiger partial charge in [0.25, 0.3) is 0 Å². The highest BCUT2D eigenvalue weighted by Crippen LogP contribution is 2.29. The van der Waals surface area contributed by atoms with Gasteiger partial charge in [-0.2, -0.15) is 0 Å². The molecule has 1 atom stereocenters. The number of thioether (sulfide) groups is 1. The number of hydrogen-bond donors (Lipinski definition) is 2. The van der Waals surface area contributed by atoms with Crippen molar-refractivity contribution in [1.29, 1.82) is 0 Å². The molecule has 2 nitrogen and oxygen atoms in total. The van der Waals surface area contributed by atoms with Crippen LogP contribution >= 0.6 is 11.8 Å². The predicted octanol–water partition coefficient (Wildman–Crippen LogP) is 3.29. The molecule has 5 heteroatoms. The molecular weight excluding hydrogens is 292 g/mol. The Morgan fingerprint density at radius 3 is 2.48 bits per heavy atom. The Morgan fingerprint density at radius 1 is 1.10 bits per heavy atom. The fourth-order valence-electron chi connectivity index (χ4n) is 2.03. The molecular formula is C16H17F2NOS. The van der Waals surface area contributed by atoms with Crippen molar-refractivity contribution in [2.24, 2.45) is 5.73 Å². The predicted molar refractivity (Wildman–Crippen MR) is 81.1 cm³/mol. The quantitative estimate of drug-likeness (QED) is 0.805. The standard InChI is InChI=1S/C16H17F2NOS/c17-13-6-7-14(18)15(10-13)21-9-8-16(20,11-19)12-4-2-1-3-5-12/h1-7,10,20H,8-9,11,19H2. The van der Waals surface area contributed by atoms with Gasteiger partial charge in [-0.15, -0.1) is 11.8 Å². The van der Waals surface area contributed by atoms with E-state index < -0.39 is 17.2 Å². The number of nitrogens with two attached hydrogens (primary N) is 1. The number of rotatable bonds is 6. The van der Waals surface area contributed by atoms with Crippen LogP contribution < -0.4 is 5.73 Å². The van der Waals surface area contributed by atoms with E-state index in [1.165, 1.54) is 11.8 Å². The summed E-state index contributed by atoms with van der Waals surface area (Å²) in [5.41, 5.74) is 5.25. The van der Waals surface area contributed by atoms with E-state index in [2.05, 4.69) is 0 Å². The third-order valence-electron chi connectivity index (χ3n) is 3.32. The first kappa shape index (κ1) is 15.9. The summed E-state index contributed by atoms with van der Waals surface area (Å²) in [5.74, 6) is -0.503. The van der Waals surface area contributed by atoms with E-state index >= 15 is 0 Å². The zero-order chi connectivity index (χ0) is 15.3. The molecule has 2 aromatic rings. The van der Waals surface area contributed by atoms with E-state index in [1.54, 1.807) is 12.1 Å². The van der Waals surface area contributed by atoms with Crippen LogP contribution in [0.1, 0.15) is 12.0 Å². The molecule has 0 saturated carbocycles. The van der Waals surface area contributed by atoms with Crippen LogP contribution in [-0.4, -0.2) is 17.4 Å². The van der Waals surface area contributed by atoms with E-state index in [1.807, 2.05) is 18.2 Å². The maximum Gasteiger partial charge on any atom is 0.136 e. The Morgan fingerprint density at radius 2 is 1.81 bits per heavy atom. The van der Waals surface area contributed by atoms with E-state index in [0.717, 1.165) is 23.8 Å². The molecule has 3 N–H and O–H groups in total. The highest BCUT2D eigenvalue weighted by molar-refractivity contribution is 7.99. The smallest absolute Gasteiger partial charge is 0.136 e. The fraction of sp³-hybridized carbons (Fsp3) is 0.250. The van der Waals surface area contributed by atoms with Crippen molar-refractivity contribution >= 4 is 11.8 Å². The average Bonchev–Trinajstić information content (AvgIpc) is 2.51. The Kier molecular flexibility index (Phi) is 5.33. The molecule has 2 aromatic carbocycles. The van der Waals surface area contributed by atoms with Crippen LogP contribution in [0, 0.1) is 11.6 Å².